The van der Waals surface area contributed by atoms with Gasteiger partial charge in [-0.1, -0.05) is 18.2 Å². The Kier molecular flexibility index (Phi) is 6.30. The van der Waals surface area contributed by atoms with Crippen molar-refractivity contribution < 1.29 is 9.59 Å². The smallest absolute Gasteiger partial charge is 0.233 e. The summed E-state index contributed by atoms with van der Waals surface area (Å²) in [6.45, 7) is 2.55. The minimum atomic E-state index is -0.121. The molecule has 2 amide bonds. The van der Waals surface area contributed by atoms with Crippen molar-refractivity contribution in [1.29, 1.82) is 0 Å². The van der Waals surface area contributed by atoms with Crippen molar-refractivity contribution in [2.45, 2.75) is 19.3 Å². The number of carbonyl (C=O) groups is 2. The van der Waals surface area contributed by atoms with Crippen molar-refractivity contribution in [3.8, 4) is 0 Å². The van der Waals surface area contributed by atoms with E-state index < -0.39 is 0 Å². The number of carbonyl (C=O) groups excluding carboxylic acids is 2. The van der Waals surface area contributed by atoms with Crippen LogP contribution in [0.1, 0.15) is 19.3 Å². The van der Waals surface area contributed by atoms with E-state index in [4.69, 9.17) is 0 Å². The Balaban J connectivity index is 1.12. The maximum absolute atomic E-state index is 12.7. The Bertz CT molecular complexity index is 794. The minimum Gasteiger partial charge on any atom is -0.370 e. The van der Waals surface area contributed by atoms with E-state index >= 15 is 0 Å². The molecule has 1 aromatic rings. The fraction of sp³-hybridized carbons (Fsp3) is 0.545. The average molecular weight is 411 g/mol. The SMILES string of the molecule is CN=C(NCCCCNc1ccccn1)NCCN1C(=O)C2C3C=CC(C3)C2C1=O. The third-order valence-electron chi connectivity index (χ3n) is 6.28. The fourth-order valence-electron chi connectivity index (χ4n) is 4.83. The number of nitrogens with zero attached hydrogens (tertiary/aromatic N) is 3. The first-order valence-electron chi connectivity index (χ1n) is 10.8. The Morgan fingerprint density at radius 1 is 1.07 bits per heavy atom. The fourth-order valence-corrected chi connectivity index (χ4v) is 4.83. The number of rotatable bonds is 9. The lowest BCUT2D eigenvalue weighted by Crippen LogP contribution is -2.43. The third-order valence-corrected chi connectivity index (χ3v) is 6.28. The summed E-state index contributed by atoms with van der Waals surface area (Å²) in [5, 5.41) is 9.78. The van der Waals surface area contributed by atoms with Crippen LogP contribution in [0.5, 0.6) is 0 Å². The molecule has 2 heterocycles. The Morgan fingerprint density at radius 3 is 2.43 bits per heavy atom. The summed E-state index contributed by atoms with van der Waals surface area (Å²) in [4.78, 5) is 35.3. The summed E-state index contributed by atoms with van der Waals surface area (Å²) in [7, 11) is 1.72. The molecule has 3 N–H and O–H groups in total. The molecule has 8 heteroatoms. The molecule has 4 atom stereocenters. The second-order valence-electron chi connectivity index (χ2n) is 8.10. The van der Waals surface area contributed by atoms with Crippen LogP contribution in [0.15, 0.2) is 41.5 Å². The lowest BCUT2D eigenvalue weighted by Gasteiger charge is -2.18. The molecule has 2 bridgehead atoms. The van der Waals surface area contributed by atoms with Gasteiger partial charge in [0.05, 0.1) is 11.8 Å². The molecule has 4 unspecified atom stereocenters. The number of allylic oxidation sites excluding steroid dienone is 2. The predicted octanol–water partition coefficient (Wildman–Crippen LogP) is 1.25. The number of hydrogen-bond acceptors (Lipinski definition) is 5. The monoisotopic (exact) mass is 410 g/mol. The largest absolute Gasteiger partial charge is 0.370 e. The zero-order valence-corrected chi connectivity index (χ0v) is 17.4. The van der Waals surface area contributed by atoms with Gasteiger partial charge in [0, 0.05) is 39.4 Å². The molecule has 0 radical (unpaired) electrons. The Labute approximate surface area is 177 Å². The van der Waals surface area contributed by atoms with E-state index in [1.165, 1.54) is 4.90 Å². The third kappa shape index (κ3) is 4.17. The van der Waals surface area contributed by atoms with E-state index in [0.717, 1.165) is 38.2 Å². The molecular weight excluding hydrogens is 380 g/mol. The second kappa shape index (κ2) is 9.28. The van der Waals surface area contributed by atoms with Gasteiger partial charge in [0.2, 0.25) is 11.8 Å². The number of likely N-dealkylation sites (tertiary alicyclic amines) is 1. The van der Waals surface area contributed by atoms with Crippen LogP contribution in [0, 0.1) is 23.7 Å². The van der Waals surface area contributed by atoms with Crippen LogP contribution in [-0.2, 0) is 9.59 Å². The van der Waals surface area contributed by atoms with Gasteiger partial charge in [-0.05, 0) is 43.2 Å². The van der Waals surface area contributed by atoms with Gasteiger partial charge in [-0.25, -0.2) is 4.98 Å². The van der Waals surface area contributed by atoms with Gasteiger partial charge >= 0.3 is 0 Å². The van der Waals surface area contributed by atoms with Gasteiger partial charge < -0.3 is 16.0 Å². The molecule has 30 heavy (non-hydrogen) atoms. The molecule has 2 aliphatic carbocycles. The van der Waals surface area contributed by atoms with E-state index in [-0.39, 0.29) is 35.5 Å². The molecule has 2 fully saturated rings. The first-order valence-corrected chi connectivity index (χ1v) is 10.8. The second-order valence-corrected chi connectivity index (χ2v) is 8.10. The summed E-state index contributed by atoms with van der Waals surface area (Å²) in [5.74, 6) is 1.87. The number of amides is 2. The molecule has 1 saturated heterocycles. The standard InChI is InChI=1S/C22H30N6O2/c1-23-22(26-11-5-4-10-25-17-6-2-3-9-24-17)27-12-13-28-20(29)18-15-7-8-16(14-15)19(18)21(28)30/h2-3,6-9,15-16,18-19H,4-5,10-14H2,1H3,(H,24,25)(H2,23,26,27). The average Bonchev–Trinajstić information content (AvgIpc) is 3.45. The molecule has 8 nitrogen and oxygen atoms in total. The van der Waals surface area contributed by atoms with Crippen LogP contribution in [0.25, 0.3) is 0 Å². The number of imide groups is 1. The minimum absolute atomic E-state index is 0.00648. The van der Waals surface area contributed by atoms with Gasteiger partial charge in [0.1, 0.15) is 5.82 Å². The van der Waals surface area contributed by atoms with E-state index in [2.05, 4.69) is 38.1 Å². The first kappa shape index (κ1) is 20.4. The summed E-state index contributed by atoms with van der Waals surface area (Å²) in [5.41, 5.74) is 0. The number of nitrogens with one attached hydrogen (secondary N) is 3. The molecule has 1 aromatic heterocycles. The highest BCUT2D eigenvalue weighted by Crippen LogP contribution is 2.52. The lowest BCUT2D eigenvalue weighted by atomic mass is 9.85. The van der Waals surface area contributed by atoms with Crippen molar-refractivity contribution in [2.24, 2.45) is 28.7 Å². The van der Waals surface area contributed by atoms with Gasteiger partial charge in [0.15, 0.2) is 5.96 Å². The Morgan fingerprint density at radius 2 is 1.77 bits per heavy atom. The van der Waals surface area contributed by atoms with E-state index in [0.29, 0.717) is 19.0 Å². The topological polar surface area (TPSA) is 98.7 Å². The van der Waals surface area contributed by atoms with Crippen molar-refractivity contribution in [3.05, 3.63) is 36.5 Å². The number of fused-ring (bicyclic) bond motifs is 5. The predicted molar refractivity (Wildman–Crippen MR) is 116 cm³/mol. The molecule has 1 aliphatic heterocycles. The number of pyridine rings is 1. The molecule has 0 aromatic carbocycles. The quantitative estimate of drug-likeness (QED) is 0.186. The van der Waals surface area contributed by atoms with Crippen molar-refractivity contribution >= 4 is 23.6 Å². The Hall–Kier alpha value is -2.90. The number of guanidine groups is 1. The number of unbranched alkanes of at least 4 members (excludes halogenated alkanes) is 1. The van der Waals surface area contributed by atoms with Crippen molar-refractivity contribution in [1.82, 2.24) is 20.5 Å². The molecule has 3 aliphatic rings. The highest BCUT2D eigenvalue weighted by Gasteiger charge is 2.58. The summed E-state index contributed by atoms with van der Waals surface area (Å²) in [6.07, 6.45) is 8.98. The van der Waals surface area contributed by atoms with Crippen LogP contribution in [-0.4, -0.2) is 60.9 Å². The molecule has 1 saturated carbocycles. The van der Waals surface area contributed by atoms with E-state index in [1.54, 1.807) is 13.2 Å². The highest BCUT2D eigenvalue weighted by molar-refractivity contribution is 6.06. The van der Waals surface area contributed by atoms with Crippen LogP contribution >= 0.6 is 0 Å². The zero-order chi connectivity index (χ0) is 20.9. The van der Waals surface area contributed by atoms with Gasteiger partial charge in [-0.3, -0.25) is 19.5 Å². The summed E-state index contributed by atoms with van der Waals surface area (Å²) < 4.78 is 0. The highest BCUT2D eigenvalue weighted by atomic mass is 16.2. The van der Waals surface area contributed by atoms with Crippen molar-refractivity contribution in [3.63, 3.8) is 0 Å². The lowest BCUT2D eigenvalue weighted by molar-refractivity contribution is -0.140. The summed E-state index contributed by atoms with van der Waals surface area (Å²) in [6, 6.07) is 5.81. The van der Waals surface area contributed by atoms with Gasteiger partial charge in [-0.2, -0.15) is 0 Å². The first-order chi connectivity index (χ1) is 14.7. The van der Waals surface area contributed by atoms with Gasteiger partial charge in [0.25, 0.3) is 0 Å². The maximum atomic E-state index is 12.7. The van der Waals surface area contributed by atoms with Crippen LogP contribution in [0.4, 0.5) is 5.82 Å². The van der Waals surface area contributed by atoms with E-state index in [9.17, 15) is 9.59 Å². The number of hydrogen-bond donors (Lipinski definition) is 3. The maximum Gasteiger partial charge on any atom is 0.233 e. The van der Waals surface area contributed by atoms with Crippen LogP contribution in [0.3, 0.4) is 0 Å². The zero-order valence-electron chi connectivity index (χ0n) is 17.4. The summed E-state index contributed by atoms with van der Waals surface area (Å²) >= 11 is 0. The van der Waals surface area contributed by atoms with E-state index in [1.807, 2.05) is 18.2 Å². The van der Waals surface area contributed by atoms with Gasteiger partial charge in [-0.15, -0.1) is 0 Å². The molecule has 160 valence electrons. The van der Waals surface area contributed by atoms with Crippen molar-refractivity contribution in [2.75, 3.05) is 38.5 Å². The normalized spacial score (nSPS) is 27.0. The molecular formula is C22H30N6O2. The number of anilines is 1. The van der Waals surface area contributed by atoms with Crippen LogP contribution in [0.2, 0.25) is 0 Å². The number of aliphatic imine (C=N–C) groups is 1. The molecule has 0 spiro atoms. The van der Waals surface area contributed by atoms with Crippen LogP contribution < -0.4 is 16.0 Å². The number of aromatic nitrogens is 1. The molecule has 4 rings (SSSR count).